The van der Waals surface area contributed by atoms with E-state index in [4.69, 9.17) is 5.73 Å². The molecule has 0 heterocycles. The Morgan fingerprint density at radius 1 is 1.35 bits per heavy atom. The first-order chi connectivity index (χ1) is 7.91. The van der Waals surface area contributed by atoms with E-state index >= 15 is 0 Å². The van der Waals surface area contributed by atoms with Crippen LogP contribution in [0, 0.1) is 5.92 Å². The highest BCUT2D eigenvalue weighted by Crippen LogP contribution is 2.37. The summed E-state index contributed by atoms with van der Waals surface area (Å²) >= 11 is 0. The zero-order valence-corrected chi connectivity index (χ0v) is 9.43. The Hall–Kier alpha value is -0.980. The lowest BCUT2D eigenvalue weighted by atomic mass is 9.84. The van der Waals surface area contributed by atoms with Gasteiger partial charge in [0, 0.05) is 12.6 Å². The summed E-state index contributed by atoms with van der Waals surface area (Å²) in [5.41, 5.74) is 4.74. The zero-order chi connectivity index (χ0) is 12.9. The summed E-state index contributed by atoms with van der Waals surface area (Å²) in [7, 11) is 0. The minimum atomic E-state index is -4.16. The minimum absolute atomic E-state index is 0.00356. The summed E-state index contributed by atoms with van der Waals surface area (Å²) in [6.45, 7) is 0.191. The highest BCUT2D eigenvalue weighted by Gasteiger charge is 2.45. The van der Waals surface area contributed by atoms with Crippen molar-refractivity contribution in [1.29, 1.82) is 0 Å². The van der Waals surface area contributed by atoms with Gasteiger partial charge >= 0.3 is 12.3 Å². The molecule has 0 aromatic rings. The topological polar surface area (TPSA) is 64.4 Å². The van der Waals surface area contributed by atoms with Crippen molar-refractivity contribution in [2.24, 2.45) is 11.7 Å². The van der Waals surface area contributed by atoms with E-state index in [0.717, 1.165) is 6.42 Å². The summed E-state index contributed by atoms with van der Waals surface area (Å²) < 4.78 is 42.5. The Kier molecular flexibility index (Phi) is 5.04. The van der Waals surface area contributed by atoms with Crippen LogP contribution in [0.4, 0.5) is 18.0 Å². The largest absolute Gasteiger partial charge is 0.448 e. The van der Waals surface area contributed by atoms with Crippen LogP contribution in [0.3, 0.4) is 0 Å². The fraction of sp³-hybridized carbons (Fsp3) is 0.900. The molecule has 1 amide bonds. The summed E-state index contributed by atoms with van der Waals surface area (Å²) in [4.78, 5) is 10.3. The van der Waals surface area contributed by atoms with Crippen LogP contribution in [0.5, 0.6) is 0 Å². The first-order valence-corrected chi connectivity index (χ1v) is 5.63. The first-order valence-electron chi connectivity index (χ1n) is 5.63. The molecule has 0 spiro atoms. The maximum atomic E-state index is 12.7. The highest BCUT2D eigenvalue weighted by molar-refractivity contribution is 5.64. The molecule has 2 unspecified atom stereocenters. The average molecular weight is 254 g/mol. The van der Waals surface area contributed by atoms with Gasteiger partial charge in [-0.1, -0.05) is 12.8 Å². The van der Waals surface area contributed by atoms with Crippen molar-refractivity contribution in [2.45, 2.75) is 37.9 Å². The third-order valence-electron chi connectivity index (χ3n) is 2.94. The second-order valence-electron chi connectivity index (χ2n) is 4.16. The third-order valence-corrected chi connectivity index (χ3v) is 2.94. The molecule has 2 atom stereocenters. The molecule has 0 aromatic heterocycles. The second-order valence-corrected chi connectivity index (χ2v) is 4.16. The standard InChI is InChI=1S/C10H17F3N2O2/c11-10(12,13)7-3-1-2-4-8(7)15-5-6-17-9(14)16/h7-8,15H,1-6H2,(H2,14,16). The minimum Gasteiger partial charge on any atom is -0.448 e. The van der Waals surface area contributed by atoms with E-state index in [1.54, 1.807) is 0 Å². The molecule has 17 heavy (non-hydrogen) atoms. The Morgan fingerprint density at radius 2 is 2.00 bits per heavy atom. The SMILES string of the molecule is NC(=O)OCCNC1CCCCC1C(F)(F)F. The molecule has 0 bridgehead atoms. The first kappa shape index (κ1) is 14.1. The van der Waals surface area contributed by atoms with E-state index in [1.165, 1.54) is 0 Å². The number of nitrogens with two attached hydrogens (primary N) is 1. The number of hydrogen-bond acceptors (Lipinski definition) is 3. The van der Waals surface area contributed by atoms with Gasteiger partial charge in [-0.25, -0.2) is 4.79 Å². The lowest BCUT2D eigenvalue weighted by molar-refractivity contribution is -0.189. The van der Waals surface area contributed by atoms with Crippen LogP contribution in [0.15, 0.2) is 0 Å². The summed E-state index contributed by atoms with van der Waals surface area (Å²) in [6.07, 6.45) is -3.01. The van der Waals surface area contributed by atoms with E-state index in [1.807, 2.05) is 0 Å². The fourth-order valence-corrected chi connectivity index (χ4v) is 2.16. The monoisotopic (exact) mass is 254 g/mol. The number of hydrogen-bond donors (Lipinski definition) is 2. The molecule has 1 rings (SSSR count). The summed E-state index contributed by atoms with van der Waals surface area (Å²) in [6, 6.07) is -0.583. The number of halogens is 3. The van der Waals surface area contributed by atoms with Crippen molar-refractivity contribution in [3.63, 3.8) is 0 Å². The maximum absolute atomic E-state index is 12.7. The normalized spacial score (nSPS) is 25.6. The zero-order valence-electron chi connectivity index (χ0n) is 9.43. The van der Waals surface area contributed by atoms with Crippen molar-refractivity contribution in [1.82, 2.24) is 5.32 Å². The van der Waals surface area contributed by atoms with Gasteiger partial charge in [-0.15, -0.1) is 0 Å². The Balaban J connectivity index is 2.35. The lowest BCUT2D eigenvalue weighted by Gasteiger charge is -2.33. The number of ether oxygens (including phenoxy) is 1. The van der Waals surface area contributed by atoms with Crippen LogP contribution in [0.2, 0.25) is 0 Å². The van der Waals surface area contributed by atoms with Gasteiger partial charge in [0.25, 0.3) is 0 Å². The van der Waals surface area contributed by atoms with Crippen molar-refractivity contribution >= 4 is 6.09 Å². The molecule has 4 nitrogen and oxygen atoms in total. The molecule has 1 aliphatic rings. The van der Waals surface area contributed by atoms with Gasteiger partial charge in [-0.2, -0.15) is 13.2 Å². The smallest absolute Gasteiger partial charge is 0.404 e. The molecule has 1 aliphatic carbocycles. The molecular weight excluding hydrogens is 237 g/mol. The van der Waals surface area contributed by atoms with E-state index in [2.05, 4.69) is 10.1 Å². The second kappa shape index (κ2) is 6.09. The predicted octanol–water partition coefficient (Wildman–Crippen LogP) is 1.79. The highest BCUT2D eigenvalue weighted by atomic mass is 19.4. The number of rotatable bonds is 4. The van der Waals surface area contributed by atoms with Gasteiger partial charge < -0.3 is 15.8 Å². The molecule has 0 aromatic carbocycles. The molecule has 0 aliphatic heterocycles. The molecule has 0 saturated heterocycles. The number of alkyl halides is 3. The molecule has 1 saturated carbocycles. The van der Waals surface area contributed by atoms with Gasteiger partial charge in [-0.3, -0.25) is 0 Å². The molecule has 0 radical (unpaired) electrons. The molecule has 100 valence electrons. The van der Waals surface area contributed by atoms with Gasteiger partial charge in [0.1, 0.15) is 6.61 Å². The Labute approximate surface area is 97.7 Å². The molecule has 7 heteroatoms. The molecular formula is C10H17F3N2O2. The lowest BCUT2D eigenvalue weighted by Crippen LogP contribution is -2.46. The molecule has 3 N–H and O–H groups in total. The number of nitrogens with one attached hydrogen (secondary N) is 1. The summed E-state index contributed by atoms with van der Waals surface area (Å²) in [5.74, 6) is -1.30. The van der Waals surface area contributed by atoms with Crippen molar-refractivity contribution in [3.05, 3.63) is 0 Å². The average Bonchev–Trinajstić information content (AvgIpc) is 2.23. The number of carbonyl (C=O) groups is 1. The van der Waals surface area contributed by atoms with Crippen LogP contribution in [-0.2, 0) is 4.74 Å². The van der Waals surface area contributed by atoms with Crippen LogP contribution < -0.4 is 11.1 Å². The number of primary amides is 1. The van der Waals surface area contributed by atoms with E-state index in [-0.39, 0.29) is 19.6 Å². The summed E-state index contributed by atoms with van der Waals surface area (Å²) in [5, 5.41) is 2.78. The number of carbonyl (C=O) groups excluding carboxylic acids is 1. The van der Waals surface area contributed by atoms with Crippen LogP contribution in [0.1, 0.15) is 25.7 Å². The molecule has 1 fully saturated rings. The quantitative estimate of drug-likeness (QED) is 0.752. The van der Waals surface area contributed by atoms with Gasteiger partial charge in [-0.05, 0) is 12.8 Å². The van der Waals surface area contributed by atoms with Gasteiger partial charge in [0.15, 0.2) is 0 Å². The fourth-order valence-electron chi connectivity index (χ4n) is 2.16. The van der Waals surface area contributed by atoms with Crippen LogP contribution in [-0.4, -0.2) is 31.5 Å². The van der Waals surface area contributed by atoms with Gasteiger partial charge in [0.05, 0.1) is 5.92 Å². The van der Waals surface area contributed by atoms with Crippen molar-refractivity contribution < 1.29 is 22.7 Å². The van der Waals surface area contributed by atoms with Crippen molar-refractivity contribution in [3.8, 4) is 0 Å². The van der Waals surface area contributed by atoms with E-state index < -0.39 is 24.2 Å². The van der Waals surface area contributed by atoms with E-state index in [0.29, 0.717) is 12.8 Å². The number of amides is 1. The predicted molar refractivity (Wildman–Crippen MR) is 55.3 cm³/mol. The van der Waals surface area contributed by atoms with Crippen LogP contribution in [0.25, 0.3) is 0 Å². The Morgan fingerprint density at radius 3 is 2.59 bits per heavy atom. The van der Waals surface area contributed by atoms with Crippen LogP contribution >= 0.6 is 0 Å². The van der Waals surface area contributed by atoms with Gasteiger partial charge in [0.2, 0.25) is 0 Å². The third kappa shape index (κ3) is 4.80. The maximum Gasteiger partial charge on any atom is 0.404 e. The van der Waals surface area contributed by atoms with Crippen molar-refractivity contribution in [2.75, 3.05) is 13.2 Å². The Bertz CT molecular complexity index is 258. The van der Waals surface area contributed by atoms with E-state index in [9.17, 15) is 18.0 Å².